The first-order valence-electron chi connectivity index (χ1n) is 8.46. The monoisotopic (exact) mass is 309 g/mol. The molecule has 0 aliphatic rings. The van der Waals surface area contributed by atoms with Gasteiger partial charge in [-0.2, -0.15) is 0 Å². The molecule has 0 aliphatic heterocycles. The van der Waals surface area contributed by atoms with Crippen LogP contribution in [0.15, 0.2) is 24.3 Å². The highest BCUT2D eigenvalue weighted by atomic mass is 15.1. The van der Waals surface area contributed by atoms with Crippen LogP contribution in [-0.4, -0.2) is 7.05 Å². The molecule has 0 fully saturated rings. The van der Waals surface area contributed by atoms with Crippen LogP contribution in [0, 0.1) is 34.6 Å². The normalized spacial score (nSPS) is 11.7. The summed E-state index contributed by atoms with van der Waals surface area (Å²) in [6.07, 6.45) is 0. The van der Waals surface area contributed by atoms with Gasteiger partial charge in [-0.15, -0.1) is 0 Å². The fourth-order valence-corrected chi connectivity index (χ4v) is 3.11. The molecule has 2 aromatic rings. The predicted molar refractivity (Wildman–Crippen MR) is 103 cm³/mol. The van der Waals surface area contributed by atoms with E-state index in [0.717, 1.165) is 0 Å². The second-order valence-electron chi connectivity index (χ2n) is 7.90. The second kappa shape index (κ2) is 6.03. The summed E-state index contributed by atoms with van der Waals surface area (Å²) in [5, 5.41) is 0. The number of aryl methyl sites for hydroxylation is 2. The third-order valence-corrected chi connectivity index (χ3v) is 5.25. The third kappa shape index (κ3) is 3.29. The lowest BCUT2D eigenvalue weighted by Crippen LogP contribution is -2.16. The van der Waals surface area contributed by atoms with Crippen molar-refractivity contribution in [1.29, 1.82) is 0 Å². The minimum Gasteiger partial charge on any atom is -0.344 e. The Labute approximate surface area is 142 Å². The number of hydrogen-bond acceptors (Lipinski definition) is 1. The van der Waals surface area contributed by atoms with Crippen LogP contribution < -0.4 is 4.90 Å². The van der Waals surface area contributed by atoms with Crippen LogP contribution in [0.4, 0.5) is 11.4 Å². The lowest BCUT2D eigenvalue weighted by Gasteiger charge is -2.28. The molecule has 0 saturated carbocycles. The van der Waals surface area contributed by atoms with Crippen LogP contribution in [0.25, 0.3) is 0 Å². The summed E-state index contributed by atoms with van der Waals surface area (Å²) < 4.78 is 0. The summed E-state index contributed by atoms with van der Waals surface area (Å²) >= 11 is 0. The highest BCUT2D eigenvalue weighted by Gasteiger charge is 2.18. The maximum Gasteiger partial charge on any atom is 0.0443 e. The highest BCUT2D eigenvalue weighted by Crippen LogP contribution is 2.35. The zero-order valence-corrected chi connectivity index (χ0v) is 16.3. The summed E-state index contributed by atoms with van der Waals surface area (Å²) in [6, 6.07) is 9.17. The Morgan fingerprint density at radius 1 is 0.696 bits per heavy atom. The van der Waals surface area contributed by atoms with Crippen LogP contribution in [0.3, 0.4) is 0 Å². The van der Waals surface area contributed by atoms with Gasteiger partial charge in [0, 0.05) is 18.4 Å². The number of rotatable bonds is 2. The molecule has 1 nitrogen and oxygen atoms in total. The van der Waals surface area contributed by atoms with E-state index in [9.17, 15) is 0 Å². The van der Waals surface area contributed by atoms with E-state index in [2.05, 4.69) is 91.6 Å². The van der Waals surface area contributed by atoms with E-state index in [1.165, 1.54) is 44.8 Å². The van der Waals surface area contributed by atoms with Gasteiger partial charge in [0.2, 0.25) is 0 Å². The van der Waals surface area contributed by atoms with Gasteiger partial charge in [0.25, 0.3) is 0 Å². The third-order valence-electron chi connectivity index (χ3n) is 5.25. The van der Waals surface area contributed by atoms with Crippen LogP contribution >= 0.6 is 0 Å². The second-order valence-corrected chi connectivity index (χ2v) is 7.90. The van der Waals surface area contributed by atoms with E-state index in [-0.39, 0.29) is 5.41 Å². The molecule has 0 saturated heterocycles. The summed E-state index contributed by atoms with van der Waals surface area (Å²) in [5.74, 6) is 0. The lowest BCUT2D eigenvalue weighted by atomic mass is 9.86. The maximum atomic E-state index is 2.35. The highest BCUT2D eigenvalue weighted by molar-refractivity contribution is 5.71. The Morgan fingerprint density at radius 3 is 1.87 bits per heavy atom. The van der Waals surface area contributed by atoms with Gasteiger partial charge in [0.15, 0.2) is 0 Å². The molecule has 0 unspecified atom stereocenters. The molecule has 0 bridgehead atoms. The van der Waals surface area contributed by atoms with Crippen molar-refractivity contribution >= 4 is 11.4 Å². The molecule has 0 atom stereocenters. The summed E-state index contributed by atoms with van der Waals surface area (Å²) in [4.78, 5) is 2.35. The van der Waals surface area contributed by atoms with Gasteiger partial charge in [-0.3, -0.25) is 0 Å². The summed E-state index contributed by atoms with van der Waals surface area (Å²) in [7, 11) is 2.19. The Bertz CT molecular complexity index is 733. The molecule has 0 aliphatic carbocycles. The molecule has 0 spiro atoms. The quantitative estimate of drug-likeness (QED) is 0.629. The fraction of sp³-hybridized carbons (Fsp3) is 0.455. The van der Waals surface area contributed by atoms with Gasteiger partial charge in [0.1, 0.15) is 0 Å². The van der Waals surface area contributed by atoms with E-state index in [1.807, 2.05) is 0 Å². The molecule has 0 aromatic heterocycles. The number of hydrogen-bond donors (Lipinski definition) is 0. The minimum absolute atomic E-state index is 0.164. The Balaban J connectivity index is 2.60. The van der Waals surface area contributed by atoms with Crippen molar-refractivity contribution in [3.05, 3.63) is 57.6 Å². The zero-order valence-electron chi connectivity index (χ0n) is 16.3. The van der Waals surface area contributed by atoms with Crippen LogP contribution in [0.2, 0.25) is 0 Å². The topological polar surface area (TPSA) is 3.24 Å². The first-order valence-corrected chi connectivity index (χ1v) is 8.46. The van der Waals surface area contributed by atoms with E-state index in [1.54, 1.807) is 0 Å². The average Bonchev–Trinajstić information content (AvgIpc) is 2.47. The van der Waals surface area contributed by atoms with Gasteiger partial charge >= 0.3 is 0 Å². The molecule has 0 amide bonds. The Hall–Kier alpha value is -1.76. The first kappa shape index (κ1) is 17.6. The Kier molecular flexibility index (Phi) is 4.61. The molecule has 23 heavy (non-hydrogen) atoms. The minimum atomic E-state index is 0.164. The van der Waals surface area contributed by atoms with Crippen LogP contribution in [0.5, 0.6) is 0 Å². The summed E-state index contributed by atoms with van der Waals surface area (Å²) in [6.45, 7) is 17.9. The van der Waals surface area contributed by atoms with Crippen molar-refractivity contribution in [3.8, 4) is 0 Å². The molecular formula is C22H31N. The summed E-state index contributed by atoms with van der Waals surface area (Å²) in [5.41, 5.74) is 11.0. The zero-order chi connectivity index (χ0) is 17.5. The average molecular weight is 309 g/mol. The molecular weight excluding hydrogens is 278 g/mol. The van der Waals surface area contributed by atoms with Crippen molar-refractivity contribution < 1.29 is 0 Å². The molecule has 2 rings (SSSR count). The van der Waals surface area contributed by atoms with Crippen molar-refractivity contribution in [2.24, 2.45) is 0 Å². The van der Waals surface area contributed by atoms with Crippen molar-refractivity contribution in [3.63, 3.8) is 0 Å². The lowest BCUT2D eigenvalue weighted by molar-refractivity contribution is 0.590. The molecule has 2 aromatic carbocycles. The van der Waals surface area contributed by atoms with Gasteiger partial charge in [0.05, 0.1) is 0 Å². The SMILES string of the molecule is Cc1ccc(C(C)(C)C)cc1N(C)c1cc(C)c(C)c(C)c1C. The number of nitrogens with zero attached hydrogens (tertiary/aromatic N) is 1. The van der Waals surface area contributed by atoms with Gasteiger partial charge in [-0.25, -0.2) is 0 Å². The smallest absolute Gasteiger partial charge is 0.0443 e. The molecule has 0 radical (unpaired) electrons. The van der Waals surface area contributed by atoms with Crippen LogP contribution in [0.1, 0.15) is 54.2 Å². The molecule has 1 heteroatoms. The molecule has 0 N–H and O–H groups in total. The van der Waals surface area contributed by atoms with E-state index < -0.39 is 0 Å². The number of benzene rings is 2. The van der Waals surface area contributed by atoms with Crippen molar-refractivity contribution in [1.82, 2.24) is 0 Å². The van der Waals surface area contributed by atoms with Gasteiger partial charge in [-0.05, 0) is 85.5 Å². The fourth-order valence-electron chi connectivity index (χ4n) is 3.11. The number of anilines is 2. The van der Waals surface area contributed by atoms with E-state index in [4.69, 9.17) is 0 Å². The van der Waals surface area contributed by atoms with E-state index in [0.29, 0.717) is 0 Å². The molecule has 124 valence electrons. The Morgan fingerprint density at radius 2 is 1.30 bits per heavy atom. The standard InChI is InChI=1S/C22H31N/c1-14-10-11-19(22(6,7)8)13-20(14)23(9)21-12-15(2)16(3)17(4)18(21)5/h10-13H,1-9H3. The van der Waals surface area contributed by atoms with Crippen LogP contribution in [-0.2, 0) is 5.41 Å². The van der Waals surface area contributed by atoms with Crippen molar-refractivity contribution in [2.75, 3.05) is 11.9 Å². The first-order chi connectivity index (χ1) is 10.5. The van der Waals surface area contributed by atoms with Crippen molar-refractivity contribution in [2.45, 2.75) is 60.8 Å². The largest absolute Gasteiger partial charge is 0.344 e. The molecule has 0 heterocycles. The maximum absolute atomic E-state index is 2.35. The van der Waals surface area contributed by atoms with E-state index >= 15 is 0 Å². The predicted octanol–water partition coefficient (Wildman–Crippen LogP) is 6.29. The van der Waals surface area contributed by atoms with Gasteiger partial charge < -0.3 is 4.90 Å². The van der Waals surface area contributed by atoms with Gasteiger partial charge in [-0.1, -0.05) is 32.9 Å².